The summed E-state index contributed by atoms with van der Waals surface area (Å²) in [6.07, 6.45) is -3.88. The van der Waals surface area contributed by atoms with Crippen LogP contribution in [-0.4, -0.2) is 24.6 Å². The van der Waals surface area contributed by atoms with Crippen molar-refractivity contribution < 1.29 is 13.2 Å². The van der Waals surface area contributed by atoms with Crippen molar-refractivity contribution in [1.82, 2.24) is 5.32 Å². The zero-order chi connectivity index (χ0) is 12.8. The van der Waals surface area contributed by atoms with Crippen molar-refractivity contribution >= 4 is 11.6 Å². The van der Waals surface area contributed by atoms with Crippen LogP contribution in [0.1, 0.15) is 40.0 Å². The van der Waals surface area contributed by atoms with Gasteiger partial charge in [0.05, 0.1) is 0 Å². The van der Waals surface area contributed by atoms with Gasteiger partial charge in [0.1, 0.15) is 0 Å². The van der Waals surface area contributed by atoms with Gasteiger partial charge < -0.3 is 5.32 Å². The Morgan fingerprint density at radius 1 is 1.19 bits per heavy atom. The summed E-state index contributed by atoms with van der Waals surface area (Å²) < 4.78 is 35.7. The fraction of sp³-hybridized carbons (Fsp3) is 1.00. The van der Waals surface area contributed by atoms with Gasteiger partial charge in [-0.3, -0.25) is 0 Å². The first-order chi connectivity index (χ1) is 7.17. The van der Waals surface area contributed by atoms with Crippen LogP contribution < -0.4 is 5.32 Å². The molecular formula is C11H21ClF3N. The van der Waals surface area contributed by atoms with Crippen molar-refractivity contribution in [2.45, 2.75) is 52.3 Å². The Hall–Kier alpha value is 0.0400. The minimum Gasteiger partial charge on any atom is -0.313 e. The molecular weight excluding hydrogens is 239 g/mol. The molecule has 1 nitrogen and oxygen atoms in total. The third-order valence-electron chi connectivity index (χ3n) is 2.47. The molecule has 0 aromatic rings. The van der Waals surface area contributed by atoms with Crippen molar-refractivity contribution in [3.05, 3.63) is 0 Å². The van der Waals surface area contributed by atoms with E-state index >= 15 is 0 Å². The van der Waals surface area contributed by atoms with E-state index in [9.17, 15) is 13.2 Å². The number of alkyl halides is 4. The molecule has 5 heteroatoms. The lowest BCUT2D eigenvalue weighted by atomic mass is 9.85. The average Bonchev–Trinajstić information content (AvgIpc) is 2.06. The first-order valence-electron chi connectivity index (χ1n) is 5.53. The Labute approximate surface area is 101 Å². The Kier molecular flexibility index (Phi) is 6.71. The SMILES string of the molecule is CC(C)(C)C(CCCl)NCCCC(F)(F)F. The number of hydrogen-bond acceptors (Lipinski definition) is 1. The third-order valence-corrected chi connectivity index (χ3v) is 2.69. The zero-order valence-electron chi connectivity index (χ0n) is 10.1. The highest BCUT2D eigenvalue weighted by Gasteiger charge is 2.27. The van der Waals surface area contributed by atoms with Crippen LogP contribution in [0.15, 0.2) is 0 Å². The van der Waals surface area contributed by atoms with E-state index in [1.54, 1.807) is 0 Å². The Bertz CT molecular complexity index is 187. The topological polar surface area (TPSA) is 12.0 Å². The van der Waals surface area contributed by atoms with Gasteiger partial charge >= 0.3 is 6.18 Å². The van der Waals surface area contributed by atoms with Gasteiger partial charge in [-0.2, -0.15) is 13.2 Å². The zero-order valence-corrected chi connectivity index (χ0v) is 10.9. The molecule has 0 saturated heterocycles. The molecule has 0 radical (unpaired) electrons. The van der Waals surface area contributed by atoms with E-state index in [2.05, 4.69) is 26.1 Å². The minimum absolute atomic E-state index is 0.0210. The molecule has 0 saturated carbocycles. The summed E-state index contributed by atoms with van der Waals surface area (Å²) in [4.78, 5) is 0. The first-order valence-corrected chi connectivity index (χ1v) is 6.06. The first kappa shape index (κ1) is 16.0. The molecule has 1 atom stereocenters. The van der Waals surface area contributed by atoms with Gasteiger partial charge in [0.15, 0.2) is 0 Å². The van der Waals surface area contributed by atoms with Crippen LogP contribution in [0.4, 0.5) is 13.2 Å². The van der Waals surface area contributed by atoms with E-state index in [1.165, 1.54) is 0 Å². The molecule has 0 bridgehead atoms. The van der Waals surface area contributed by atoms with Crippen LogP contribution in [0.3, 0.4) is 0 Å². The van der Waals surface area contributed by atoms with E-state index in [0.717, 1.165) is 6.42 Å². The molecule has 0 aromatic carbocycles. The van der Waals surface area contributed by atoms with Crippen molar-refractivity contribution in [1.29, 1.82) is 0 Å². The van der Waals surface area contributed by atoms with Crippen molar-refractivity contribution in [2.75, 3.05) is 12.4 Å². The summed E-state index contributed by atoms with van der Waals surface area (Å²) in [5.74, 6) is 0.522. The van der Waals surface area contributed by atoms with Gasteiger partial charge in [-0.1, -0.05) is 20.8 Å². The minimum atomic E-state index is -4.05. The molecule has 0 aliphatic carbocycles. The third kappa shape index (κ3) is 8.22. The molecule has 0 fully saturated rings. The fourth-order valence-electron chi connectivity index (χ4n) is 1.52. The summed E-state index contributed by atoms with van der Waals surface area (Å²) in [5.41, 5.74) is 0.0210. The van der Waals surface area contributed by atoms with Crippen LogP contribution >= 0.6 is 11.6 Å². The number of halogens is 4. The lowest BCUT2D eigenvalue weighted by molar-refractivity contribution is -0.135. The molecule has 0 aromatic heterocycles. The molecule has 0 spiro atoms. The predicted octanol–water partition coefficient (Wildman–Crippen LogP) is 3.96. The van der Waals surface area contributed by atoms with Crippen LogP contribution in [0.25, 0.3) is 0 Å². The van der Waals surface area contributed by atoms with Gasteiger partial charge in [-0.05, 0) is 24.8 Å². The van der Waals surface area contributed by atoms with Crippen molar-refractivity contribution in [3.63, 3.8) is 0 Å². The molecule has 0 amide bonds. The molecule has 1 N–H and O–H groups in total. The summed E-state index contributed by atoms with van der Waals surface area (Å²) >= 11 is 5.67. The second kappa shape index (κ2) is 6.70. The molecule has 0 aliphatic rings. The average molecular weight is 260 g/mol. The molecule has 98 valence electrons. The van der Waals surface area contributed by atoms with E-state index in [-0.39, 0.29) is 17.9 Å². The lowest BCUT2D eigenvalue weighted by Crippen LogP contribution is -2.41. The lowest BCUT2D eigenvalue weighted by Gasteiger charge is -2.31. The Morgan fingerprint density at radius 2 is 1.75 bits per heavy atom. The smallest absolute Gasteiger partial charge is 0.313 e. The van der Waals surface area contributed by atoms with Crippen LogP contribution in [-0.2, 0) is 0 Å². The van der Waals surface area contributed by atoms with Crippen LogP contribution in [0, 0.1) is 5.41 Å². The van der Waals surface area contributed by atoms with Gasteiger partial charge in [0, 0.05) is 18.3 Å². The molecule has 16 heavy (non-hydrogen) atoms. The highest BCUT2D eigenvalue weighted by molar-refractivity contribution is 6.17. The predicted molar refractivity (Wildman–Crippen MR) is 61.9 cm³/mol. The van der Waals surface area contributed by atoms with E-state index in [0.29, 0.717) is 12.4 Å². The van der Waals surface area contributed by atoms with Gasteiger partial charge in [0.2, 0.25) is 0 Å². The maximum Gasteiger partial charge on any atom is 0.389 e. The summed E-state index contributed by atoms with van der Waals surface area (Å²) in [6, 6.07) is 0.165. The monoisotopic (exact) mass is 259 g/mol. The van der Waals surface area contributed by atoms with Crippen LogP contribution in [0.5, 0.6) is 0 Å². The second-order valence-corrected chi connectivity index (χ2v) is 5.45. The maximum absolute atomic E-state index is 11.9. The fourth-order valence-corrected chi connectivity index (χ4v) is 1.73. The summed E-state index contributed by atoms with van der Waals surface area (Å²) in [7, 11) is 0. The summed E-state index contributed by atoms with van der Waals surface area (Å²) in [5, 5.41) is 3.15. The van der Waals surface area contributed by atoms with Crippen LogP contribution in [0.2, 0.25) is 0 Å². The maximum atomic E-state index is 11.9. The van der Waals surface area contributed by atoms with E-state index in [4.69, 9.17) is 11.6 Å². The highest BCUT2D eigenvalue weighted by atomic mass is 35.5. The van der Waals surface area contributed by atoms with E-state index in [1.807, 2.05) is 0 Å². The van der Waals surface area contributed by atoms with Crippen molar-refractivity contribution in [3.8, 4) is 0 Å². The highest BCUT2D eigenvalue weighted by Crippen LogP contribution is 2.23. The summed E-state index contributed by atoms with van der Waals surface area (Å²) in [6.45, 7) is 6.56. The Morgan fingerprint density at radius 3 is 2.12 bits per heavy atom. The number of hydrogen-bond donors (Lipinski definition) is 1. The standard InChI is InChI=1S/C11H21ClF3N/c1-10(2,3)9(5-7-12)16-8-4-6-11(13,14)15/h9,16H,4-8H2,1-3H3. The van der Waals surface area contributed by atoms with Gasteiger partial charge in [-0.15, -0.1) is 11.6 Å². The number of rotatable bonds is 6. The van der Waals surface area contributed by atoms with Gasteiger partial charge in [0.25, 0.3) is 0 Å². The van der Waals surface area contributed by atoms with Gasteiger partial charge in [-0.25, -0.2) is 0 Å². The second-order valence-electron chi connectivity index (χ2n) is 5.07. The largest absolute Gasteiger partial charge is 0.389 e. The Balaban J connectivity index is 3.86. The molecule has 0 rings (SSSR count). The normalized spacial score (nSPS) is 15.2. The molecule has 0 aliphatic heterocycles. The molecule has 1 unspecified atom stereocenters. The number of nitrogens with one attached hydrogen (secondary N) is 1. The quantitative estimate of drug-likeness (QED) is 0.562. The van der Waals surface area contributed by atoms with E-state index < -0.39 is 12.6 Å². The molecule has 0 heterocycles. The van der Waals surface area contributed by atoms with Crippen molar-refractivity contribution in [2.24, 2.45) is 5.41 Å².